The quantitative estimate of drug-likeness (QED) is 0.200. The lowest BCUT2D eigenvalue weighted by molar-refractivity contribution is 0.661. The van der Waals surface area contributed by atoms with E-state index in [2.05, 4.69) is 169 Å². The van der Waals surface area contributed by atoms with Crippen molar-refractivity contribution in [3.63, 3.8) is 0 Å². The molecule has 0 spiro atoms. The van der Waals surface area contributed by atoms with Gasteiger partial charge in [-0.15, -0.1) is 0 Å². The molecular formula is C44H32N2. The van der Waals surface area contributed by atoms with E-state index in [9.17, 15) is 0 Å². The lowest BCUT2D eigenvalue weighted by Crippen LogP contribution is -2.15. The normalized spacial score (nSPS) is 13.2. The number of pyridine rings is 1. The summed E-state index contributed by atoms with van der Waals surface area (Å²) in [5.74, 6) is 0. The average molecular weight is 589 g/mol. The number of nitrogens with zero attached hydrogens (tertiary/aromatic N) is 2. The van der Waals surface area contributed by atoms with Gasteiger partial charge in [-0.3, -0.25) is 4.98 Å². The molecule has 9 rings (SSSR count). The Morgan fingerprint density at radius 3 is 1.52 bits per heavy atom. The molecular weight excluding hydrogens is 556 g/mol. The first-order valence-corrected chi connectivity index (χ1v) is 16.0. The Bertz CT molecular complexity index is 2380. The number of hydrogen-bond acceptors (Lipinski definition) is 1. The molecule has 218 valence electrons. The first-order valence-electron chi connectivity index (χ1n) is 16.0. The maximum absolute atomic E-state index is 4.16. The van der Waals surface area contributed by atoms with E-state index in [0.717, 1.165) is 0 Å². The van der Waals surface area contributed by atoms with Crippen molar-refractivity contribution in [3.05, 3.63) is 169 Å². The van der Waals surface area contributed by atoms with Crippen LogP contribution < -0.4 is 0 Å². The van der Waals surface area contributed by atoms with Crippen molar-refractivity contribution < 1.29 is 0 Å². The van der Waals surface area contributed by atoms with Crippen LogP contribution >= 0.6 is 0 Å². The summed E-state index contributed by atoms with van der Waals surface area (Å²) in [4.78, 5) is 4.16. The van der Waals surface area contributed by atoms with Crippen LogP contribution in [0.5, 0.6) is 0 Å². The number of para-hydroxylation sites is 2. The Balaban J connectivity index is 1.09. The van der Waals surface area contributed by atoms with Gasteiger partial charge in [-0.25, -0.2) is 0 Å². The van der Waals surface area contributed by atoms with E-state index in [1.54, 1.807) is 0 Å². The van der Waals surface area contributed by atoms with Crippen LogP contribution in [0.4, 0.5) is 0 Å². The minimum Gasteiger partial charge on any atom is -0.309 e. The molecule has 2 heteroatoms. The summed E-state index contributed by atoms with van der Waals surface area (Å²) >= 11 is 0. The second-order valence-corrected chi connectivity index (χ2v) is 12.9. The van der Waals surface area contributed by atoms with Crippen LogP contribution in [-0.4, -0.2) is 9.55 Å². The minimum absolute atomic E-state index is 0.113. The first-order chi connectivity index (χ1) is 22.6. The summed E-state index contributed by atoms with van der Waals surface area (Å²) in [6.45, 7) is 4.73. The van der Waals surface area contributed by atoms with Crippen molar-refractivity contribution in [2.45, 2.75) is 19.3 Å². The second kappa shape index (κ2) is 10.2. The van der Waals surface area contributed by atoms with Crippen molar-refractivity contribution in [2.75, 3.05) is 0 Å². The van der Waals surface area contributed by atoms with E-state index in [0.29, 0.717) is 0 Å². The molecule has 0 radical (unpaired) electrons. The molecule has 0 aliphatic heterocycles. The third kappa shape index (κ3) is 4.07. The van der Waals surface area contributed by atoms with Gasteiger partial charge in [0.05, 0.1) is 11.0 Å². The fourth-order valence-electron chi connectivity index (χ4n) is 7.52. The molecule has 0 amide bonds. The second-order valence-electron chi connectivity index (χ2n) is 12.9. The topological polar surface area (TPSA) is 17.8 Å². The lowest BCUT2D eigenvalue weighted by Gasteiger charge is -2.23. The molecule has 1 aliphatic carbocycles. The van der Waals surface area contributed by atoms with Crippen LogP contribution in [0.15, 0.2) is 158 Å². The Morgan fingerprint density at radius 1 is 0.435 bits per heavy atom. The van der Waals surface area contributed by atoms with Gasteiger partial charge in [-0.1, -0.05) is 111 Å². The molecule has 0 unspecified atom stereocenters. The Kier molecular flexibility index (Phi) is 5.88. The molecule has 0 saturated heterocycles. The Hall–Kier alpha value is -5.73. The van der Waals surface area contributed by atoms with E-state index in [1.807, 2.05) is 12.4 Å². The van der Waals surface area contributed by atoms with E-state index in [4.69, 9.17) is 0 Å². The van der Waals surface area contributed by atoms with Crippen LogP contribution in [0.3, 0.4) is 0 Å². The number of hydrogen-bond donors (Lipinski definition) is 0. The molecule has 46 heavy (non-hydrogen) atoms. The molecule has 0 bridgehead atoms. The molecule has 8 aromatic rings. The van der Waals surface area contributed by atoms with Crippen molar-refractivity contribution in [1.29, 1.82) is 0 Å². The van der Waals surface area contributed by atoms with Gasteiger partial charge in [0.2, 0.25) is 0 Å². The minimum atomic E-state index is -0.113. The maximum Gasteiger partial charge on any atom is 0.0541 e. The van der Waals surface area contributed by atoms with E-state index in [-0.39, 0.29) is 5.41 Å². The summed E-state index contributed by atoms with van der Waals surface area (Å²) in [6.07, 6.45) is 3.69. The summed E-state index contributed by atoms with van der Waals surface area (Å²) in [7, 11) is 0. The van der Waals surface area contributed by atoms with Gasteiger partial charge in [0.1, 0.15) is 0 Å². The fraction of sp³-hybridized carbons (Fsp3) is 0.0682. The maximum atomic E-state index is 4.16. The highest BCUT2D eigenvalue weighted by Gasteiger charge is 2.36. The van der Waals surface area contributed by atoms with Gasteiger partial charge in [0.25, 0.3) is 0 Å². The number of rotatable bonds is 4. The van der Waals surface area contributed by atoms with Crippen LogP contribution in [-0.2, 0) is 5.41 Å². The molecule has 0 fully saturated rings. The van der Waals surface area contributed by atoms with Crippen molar-refractivity contribution in [2.24, 2.45) is 0 Å². The van der Waals surface area contributed by atoms with Crippen molar-refractivity contribution >= 4 is 21.8 Å². The van der Waals surface area contributed by atoms with Crippen LogP contribution in [0.25, 0.3) is 72.0 Å². The van der Waals surface area contributed by atoms with Crippen molar-refractivity contribution in [1.82, 2.24) is 9.55 Å². The summed E-state index contributed by atoms with van der Waals surface area (Å²) < 4.78 is 2.40. The number of benzene rings is 6. The van der Waals surface area contributed by atoms with E-state index >= 15 is 0 Å². The first kappa shape index (κ1) is 26.7. The van der Waals surface area contributed by atoms with Gasteiger partial charge >= 0.3 is 0 Å². The molecule has 6 aromatic carbocycles. The highest BCUT2D eigenvalue weighted by molar-refractivity contribution is 6.09. The highest BCUT2D eigenvalue weighted by Crippen LogP contribution is 2.50. The summed E-state index contributed by atoms with van der Waals surface area (Å²) in [6, 6.07) is 53.4. The van der Waals surface area contributed by atoms with Gasteiger partial charge < -0.3 is 4.57 Å². The zero-order valence-electron chi connectivity index (χ0n) is 25.9. The molecule has 2 nitrogen and oxygen atoms in total. The standard InChI is InChI=1S/C44H32N2/c1-44(2)40-27-33(30-16-14-29(15-17-30)31-22-24-45-25-23-31)18-20-36(40)37-21-19-34(28-41(37)44)32-8-7-9-35(26-32)46-42-12-5-3-10-38(42)39-11-4-6-13-43(39)46/h3-28H,1-2H3. The summed E-state index contributed by atoms with van der Waals surface area (Å²) in [5, 5.41) is 2.56. The molecule has 2 heterocycles. The van der Waals surface area contributed by atoms with Gasteiger partial charge in [-0.2, -0.15) is 0 Å². The van der Waals surface area contributed by atoms with Crippen LogP contribution in [0, 0.1) is 0 Å². The van der Waals surface area contributed by atoms with E-state index < -0.39 is 0 Å². The molecule has 2 aromatic heterocycles. The lowest BCUT2D eigenvalue weighted by atomic mass is 9.81. The highest BCUT2D eigenvalue weighted by atomic mass is 15.0. The van der Waals surface area contributed by atoms with Crippen LogP contribution in [0.2, 0.25) is 0 Å². The predicted octanol–water partition coefficient (Wildman–Crippen LogP) is 11.5. The Labute approximate surface area is 269 Å². The SMILES string of the molecule is CC1(C)c2cc(-c3ccc(-c4ccncc4)cc3)ccc2-c2ccc(-c3cccc(-n4c5ccccc5c5ccccc54)c3)cc21. The third-order valence-electron chi connectivity index (χ3n) is 9.93. The predicted molar refractivity (Wildman–Crippen MR) is 192 cm³/mol. The van der Waals surface area contributed by atoms with Crippen LogP contribution in [0.1, 0.15) is 25.0 Å². The zero-order valence-corrected chi connectivity index (χ0v) is 25.9. The fourth-order valence-corrected chi connectivity index (χ4v) is 7.52. The van der Waals surface area contributed by atoms with Gasteiger partial charge in [-0.05, 0) is 104 Å². The third-order valence-corrected chi connectivity index (χ3v) is 9.93. The summed E-state index contributed by atoms with van der Waals surface area (Å²) in [5.41, 5.74) is 16.3. The molecule has 0 N–H and O–H groups in total. The molecule has 1 aliphatic rings. The average Bonchev–Trinajstić information content (AvgIpc) is 3.57. The Morgan fingerprint density at radius 2 is 0.913 bits per heavy atom. The monoisotopic (exact) mass is 588 g/mol. The van der Waals surface area contributed by atoms with Crippen molar-refractivity contribution in [3.8, 4) is 50.2 Å². The number of aromatic nitrogens is 2. The molecule has 0 saturated carbocycles. The number of fused-ring (bicyclic) bond motifs is 6. The smallest absolute Gasteiger partial charge is 0.0541 e. The molecule has 0 atom stereocenters. The van der Waals surface area contributed by atoms with Gasteiger partial charge in [0.15, 0.2) is 0 Å². The zero-order chi connectivity index (χ0) is 30.8. The largest absolute Gasteiger partial charge is 0.309 e. The van der Waals surface area contributed by atoms with Gasteiger partial charge in [0, 0.05) is 34.3 Å². The van der Waals surface area contributed by atoms with E-state index in [1.165, 1.54) is 83.1 Å².